The summed E-state index contributed by atoms with van der Waals surface area (Å²) in [5.74, 6) is 0.899. The maximum atomic E-state index is 14.2. The molecule has 0 spiro atoms. The lowest BCUT2D eigenvalue weighted by Gasteiger charge is -2.54. The Bertz CT molecular complexity index is 1230. The highest BCUT2D eigenvalue weighted by Gasteiger charge is 2.42. The third-order valence-corrected chi connectivity index (χ3v) is 9.14. The Labute approximate surface area is 228 Å². The molecular weight excluding hydrogens is 502 g/mol. The van der Waals surface area contributed by atoms with E-state index in [0.717, 1.165) is 39.0 Å². The van der Waals surface area contributed by atoms with E-state index in [4.69, 9.17) is 4.74 Å². The lowest BCUT2D eigenvalue weighted by atomic mass is 9.90. The van der Waals surface area contributed by atoms with Crippen LogP contribution in [0.2, 0.25) is 0 Å². The highest BCUT2D eigenvalue weighted by molar-refractivity contribution is 5.68. The average molecular weight is 541 g/mol. The number of pyridine rings is 1. The SMILES string of the molecule is Cc1cnn(C2COC2)c1C1CCN(c2cc(N3CC(N4CCN[C@H](C)C4)[C@H]3C)c(C#N)c(C(F)F)n2)CC1. The third-order valence-electron chi connectivity index (χ3n) is 9.14. The summed E-state index contributed by atoms with van der Waals surface area (Å²) >= 11 is 0. The Morgan fingerprint density at radius 1 is 1.15 bits per heavy atom. The number of aryl methyl sites for hydroxylation is 1. The Morgan fingerprint density at radius 3 is 2.54 bits per heavy atom. The normalized spacial score (nSPS) is 26.9. The molecule has 1 unspecified atom stereocenters. The van der Waals surface area contributed by atoms with Crippen molar-refractivity contribution in [3.63, 3.8) is 0 Å². The molecule has 1 N–H and O–H groups in total. The summed E-state index contributed by atoms with van der Waals surface area (Å²) in [6, 6.07) is 5.14. The number of halogens is 2. The molecule has 3 atom stereocenters. The van der Waals surface area contributed by atoms with E-state index < -0.39 is 12.1 Å². The summed E-state index contributed by atoms with van der Waals surface area (Å²) in [5.41, 5.74) is 2.65. The fourth-order valence-corrected chi connectivity index (χ4v) is 6.79. The van der Waals surface area contributed by atoms with Gasteiger partial charge in [-0.3, -0.25) is 9.58 Å². The molecular formula is C28H38F2N8O. The second kappa shape index (κ2) is 10.6. The highest BCUT2D eigenvalue weighted by atomic mass is 19.3. The number of anilines is 2. The number of piperidine rings is 1. The van der Waals surface area contributed by atoms with E-state index >= 15 is 0 Å². The van der Waals surface area contributed by atoms with Gasteiger partial charge in [0.25, 0.3) is 6.43 Å². The number of nitriles is 1. The second-order valence-electron chi connectivity index (χ2n) is 11.6. The number of alkyl halides is 2. The van der Waals surface area contributed by atoms with E-state index in [1.165, 1.54) is 11.3 Å². The van der Waals surface area contributed by atoms with Gasteiger partial charge in [-0.05, 0) is 39.2 Å². The molecule has 210 valence electrons. The van der Waals surface area contributed by atoms with Gasteiger partial charge in [0, 0.05) is 75.1 Å². The first-order valence-corrected chi connectivity index (χ1v) is 14.2. The molecule has 39 heavy (non-hydrogen) atoms. The largest absolute Gasteiger partial charge is 0.377 e. The van der Waals surface area contributed by atoms with Gasteiger partial charge < -0.3 is 19.9 Å². The highest BCUT2D eigenvalue weighted by Crippen LogP contribution is 2.40. The van der Waals surface area contributed by atoms with Crippen LogP contribution in [-0.4, -0.2) is 90.3 Å². The molecule has 4 aliphatic heterocycles. The van der Waals surface area contributed by atoms with Crippen molar-refractivity contribution < 1.29 is 13.5 Å². The summed E-state index contributed by atoms with van der Waals surface area (Å²) in [6.45, 7) is 12.9. The smallest absolute Gasteiger partial charge is 0.281 e. The van der Waals surface area contributed by atoms with Gasteiger partial charge in [0.1, 0.15) is 23.1 Å². The van der Waals surface area contributed by atoms with Gasteiger partial charge in [-0.1, -0.05) is 0 Å². The number of piperazine rings is 1. The zero-order chi connectivity index (χ0) is 27.3. The fourth-order valence-electron chi connectivity index (χ4n) is 6.79. The number of nitrogens with zero attached hydrogens (tertiary/aromatic N) is 7. The first-order chi connectivity index (χ1) is 18.9. The van der Waals surface area contributed by atoms with Gasteiger partial charge in [0.05, 0.1) is 31.1 Å². The molecule has 4 fully saturated rings. The van der Waals surface area contributed by atoms with Crippen molar-refractivity contribution in [1.82, 2.24) is 25.0 Å². The van der Waals surface area contributed by atoms with E-state index in [1.54, 1.807) is 0 Å². The number of nitrogens with one attached hydrogen (secondary N) is 1. The summed E-state index contributed by atoms with van der Waals surface area (Å²) < 4.78 is 35.9. The Kier molecular flexibility index (Phi) is 7.20. The summed E-state index contributed by atoms with van der Waals surface area (Å²) in [7, 11) is 0. The summed E-state index contributed by atoms with van der Waals surface area (Å²) in [4.78, 5) is 11.1. The zero-order valence-corrected chi connectivity index (χ0v) is 23.0. The lowest BCUT2D eigenvalue weighted by molar-refractivity contribution is -0.0304. The predicted molar refractivity (Wildman–Crippen MR) is 145 cm³/mol. The average Bonchev–Trinajstić information content (AvgIpc) is 3.26. The van der Waals surface area contributed by atoms with E-state index in [0.29, 0.717) is 61.9 Å². The van der Waals surface area contributed by atoms with Crippen molar-refractivity contribution in [2.45, 2.75) is 70.1 Å². The molecule has 6 heterocycles. The molecule has 4 aliphatic rings. The summed E-state index contributed by atoms with van der Waals surface area (Å²) in [5, 5.41) is 18.0. The van der Waals surface area contributed by atoms with E-state index in [1.807, 2.05) is 12.3 Å². The van der Waals surface area contributed by atoms with Crippen LogP contribution in [0.1, 0.15) is 67.6 Å². The van der Waals surface area contributed by atoms with Crippen LogP contribution < -0.4 is 15.1 Å². The monoisotopic (exact) mass is 540 g/mol. The van der Waals surface area contributed by atoms with Gasteiger partial charge in [0.2, 0.25) is 0 Å². The lowest BCUT2D eigenvalue weighted by Crippen LogP contribution is -2.69. The molecule has 4 saturated heterocycles. The molecule has 0 aliphatic carbocycles. The predicted octanol–water partition coefficient (Wildman–Crippen LogP) is 3.22. The molecule has 9 nitrogen and oxygen atoms in total. The molecule has 0 radical (unpaired) electrons. The zero-order valence-electron chi connectivity index (χ0n) is 23.0. The van der Waals surface area contributed by atoms with Crippen molar-refractivity contribution in [1.29, 1.82) is 5.26 Å². The molecule has 6 rings (SSSR count). The Balaban J connectivity index is 1.22. The van der Waals surface area contributed by atoms with Crippen LogP contribution in [0.25, 0.3) is 0 Å². The van der Waals surface area contributed by atoms with Gasteiger partial charge in [-0.2, -0.15) is 10.4 Å². The number of ether oxygens (including phenoxy) is 1. The van der Waals surface area contributed by atoms with Crippen LogP contribution in [0.5, 0.6) is 0 Å². The molecule has 2 aromatic heterocycles. The molecule has 11 heteroatoms. The van der Waals surface area contributed by atoms with Crippen molar-refractivity contribution in [3.05, 3.63) is 34.8 Å². The Morgan fingerprint density at radius 2 is 1.92 bits per heavy atom. The minimum atomic E-state index is -2.81. The van der Waals surface area contributed by atoms with E-state index in [2.05, 4.69) is 61.6 Å². The van der Waals surface area contributed by atoms with Crippen molar-refractivity contribution in [2.24, 2.45) is 0 Å². The van der Waals surface area contributed by atoms with Crippen molar-refractivity contribution >= 4 is 11.5 Å². The third kappa shape index (κ3) is 4.77. The van der Waals surface area contributed by atoms with Gasteiger partial charge in [-0.15, -0.1) is 0 Å². The second-order valence-corrected chi connectivity index (χ2v) is 11.6. The van der Waals surface area contributed by atoms with Crippen LogP contribution in [-0.2, 0) is 4.74 Å². The van der Waals surface area contributed by atoms with Crippen molar-refractivity contribution in [2.75, 3.05) is 62.3 Å². The number of hydrogen-bond acceptors (Lipinski definition) is 8. The maximum Gasteiger partial charge on any atom is 0.281 e. The molecule has 0 amide bonds. The number of hydrogen-bond donors (Lipinski definition) is 1. The van der Waals surface area contributed by atoms with Crippen LogP contribution in [0, 0.1) is 18.3 Å². The minimum Gasteiger partial charge on any atom is -0.377 e. The standard InChI is InChI=1S/C28H38F2N8O/c1-17-12-33-38(21-15-39-16-21)27(17)20-4-7-35(8-5-20)25-10-23(22(11-31)26(34-25)28(29)30)37-14-24(19(37)3)36-9-6-32-18(2)13-36/h10,12,18-21,24,28,32H,4-9,13-16H2,1-3H3/t18-,19-,24?/m1/s1. The van der Waals surface area contributed by atoms with Crippen LogP contribution in [0.3, 0.4) is 0 Å². The number of rotatable bonds is 6. The Hall–Kier alpha value is -2.81. The molecule has 0 aromatic carbocycles. The van der Waals surface area contributed by atoms with E-state index in [9.17, 15) is 14.0 Å². The van der Waals surface area contributed by atoms with E-state index in [-0.39, 0.29) is 11.6 Å². The van der Waals surface area contributed by atoms with Gasteiger partial charge in [-0.25, -0.2) is 13.8 Å². The van der Waals surface area contributed by atoms with Crippen LogP contribution in [0.4, 0.5) is 20.3 Å². The fraction of sp³-hybridized carbons (Fsp3) is 0.679. The van der Waals surface area contributed by atoms with Gasteiger partial charge >= 0.3 is 0 Å². The quantitative estimate of drug-likeness (QED) is 0.598. The maximum absolute atomic E-state index is 14.2. The van der Waals surface area contributed by atoms with Gasteiger partial charge in [0.15, 0.2) is 0 Å². The number of aromatic nitrogens is 3. The molecule has 2 aromatic rings. The summed E-state index contributed by atoms with van der Waals surface area (Å²) in [6.07, 6.45) is 0.917. The molecule has 0 bridgehead atoms. The topological polar surface area (TPSA) is 85.5 Å². The van der Waals surface area contributed by atoms with Crippen LogP contribution in [0.15, 0.2) is 12.3 Å². The van der Waals surface area contributed by atoms with Crippen molar-refractivity contribution in [3.8, 4) is 6.07 Å². The van der Waals surface area contributed by atoms with Crippen LogP contribution >= 0.6 is 0 Å². The molecule has 0 saturated carbocycles. The minimum absolute atomic E-state index is 0.00450. The first kappa shape index (κ1) is 26.4. The first-order valence-electron chi connectivity index (χ1n) is 14.2.